The quantitative estimate of drug-likeness (QED) is 0.672. The lowest BCUT2D eigenvalue weighted by molar-refractivity contribution is 0.0128. The van der Waals surface area contributed by atoms with Crippen LogP contribution in [0.25, 0.3) is 0 Å². The molecule has 0 saturated carbocycles. The van der Waals surface area contributed by atoms with Crippen molar-refractivity contribution >= 4 is 27.5 Å². The summed E-state index contributed by atoms with van der Waals surface area (Å²) in [4.78, 5) is 0. The highest BCUT2D eigenvalue weighted by Crippen LogP contribution is 2.28. The molecule has 0 radical (unpaired) electrons. The largest absolute Gasteiger partial charge is 0.379 e. The number of rotatable bonds is 6. The first-order valence-corrected chi connectivity index (χ1v) is 7.18. The standard InChI is InChI=1S/C14H20BrClO/c1-14(2,17-3)9-8-12(10-16)11-4-6-13(15)7-5-11/h4-7,12H,8-10H2,1-3H3. The van der Waals surface area contributed by atoms with Gasteiger partial charge in [-0.15, -0.1) is 11.6 Å². The highest BCUT2D eigenvalue weighted by atomic mass is 79.9. The predicted molar refractivity (Wildman–Crippen MR) is 77.9 cm³/mol. The number of halogens is 2. The van der Waals surface area contributed by atoms with Gasteiger partial charge in [-0.25, -0.2) is 0 Å². The fraction of sp³-hybridized carbons (Fsp3) is 0.571. The average Bonchev–Trinajstić information content (AvgIpc) is 2.32. The van der Waals surface area contributed by atoms with Crippen LogP contribution in [-0.2, 0) is 4.74 Å². The molecule has 1 unspecified atom stereocenters. The minimum absolute atomic E-state index is 0.0698. The molecule has 0 fully saturated rings. The van der Waals surface area contributed by atoms with Crippen LogP contribution in [0, 0.1) is 0 Å². The van der Waals surface area contributed by atoms with Crippen molar-refractivity contribution in [1.82, 2.24) is 0 Å². The van der Waals surface area contributed by atoms with Crippen LogP contribution in [0.5, 0.6) is 0 Å². The molecule has 17 heavy (non-hydrogen) atoms. The molecule has 0 aliphatic heterocycles. The molecule has 0 aliphatic carbocycles. The second-order valence-corrected chi connectivity index (χ2v) is 6.13. The SMILES string of the molecule is COC(C)(C)CCC(CCl)c1ccc(Br)cc1. The van der Waals surface area contributed by atoms with E-state index < -0.39 is 0 Å². The van der Waals surface area contributed by atoms with E-state index >= 15 is 0 Å². The van der Waals surface area contributed by atoms with Gasteiger partial charge >= 0.3 is 0 Å². The summed E-state index contributed by atoms with van der Waals surface area (Å²) in [6.45, 7) is 4.22. The van der Waals surface area contributed by atoms with Crippen molar-refractivity contribution in [3.63, 3.8) is 0 Å². The Balaban J connectivity index is 2.63. The molecule has 1 rings (SSSR count). The van der Waals surface area contributed by atoms with Gasteiger partial charge in [-0.05, 0) is 50.3 Å². The Morgan fingerprint density at radius 2 is 1.88 bits per heavy atom. The molecule has 1 aromatic carbocycles. The van der Waals surface area contributed by atoms with Crippen LogP contribution in [0.1, 0.15) is 38.2 Å². The van der Waals surface area contributed by atoms with E-state index in [-0.39, 0.29) is 5.60 Å². The van der Waals surface area contributed by atoms with Gasteiger partial charge < -0.3 is 4.74 Å². The van der Waals surface area contributed by atoms with E-state index in [1.807, 2.05) is 0 Å². The minimum atomic E-state index is -0.0698. The van der Waals surface area contributed by atoms with Crippen LogP contribution in [-0.4, -0.2) is 18.6 Å². The minimum Gasteiger partial charge on any atom is -0.379 e. The zero-order valence-corrected chi connectivity index (χ0v) is 13.0. The first kappa shape index (κ1) is 15.0. The molecule has 0 heterocycles. The Labute approximate surface area is 118 Å². The molecule has 96 valence electrons. The summed E-state index contributed by atoms with van der Waals surface area (Å²) in [6, 6.07) is 8.40. The number of methoxy groups -OCH3 is 1. The molecule has 1 atom stereocenters. The summed E-state index contributed by atoms with van der Waals surface area (Å²) in [5.41, 5.74) is 1.23. The maximum absolute atomic E-state index is 6.06. The summed E-state index contributed by atoms with van der Waals surface area (Å²) < 4.78 is 6.54. The van der Waals surface area contributed by atoms with Crippen LogP contribution in [0.15, 0.2) is 28.7 Å². The molecule has 0 aromatic heterocycles. The maximum Gasteiger partial charge on any atom is 0.0623 e. The van der Waals surface area contributed by atoms with Crippen LogP contribution in [0.4, 0.5) is 0 Å². The van der Waals surface area contributed by atoms with E-state index in [0.717, 1.165) is 17.3 Å². The lowest BCUT2D eigenvalue weighted by atomic mass is 9.91. The van der Waals surface area contributed by atoms with Gasteiger partial charge in [-0.3, -0.25) is 0 Å². The van der Waals surface area contributed by atoms with E-state index in [1.165, 1.54) is 5.56 Å². The smallest absolute Gasteiger partial charge is 0.0623 e. The van der Waals surface area contributed by atoms with Gasteiger partial charge in [0.05, 0.1) is 5.60 Å². The second-order valence-electron chi connectivity index (χ2n) is 4.91. The molecule has 0 amide bonds. The maximum atomic E-state index is 6.06. The van der Waals surface area contributed by atoms with Crippen molar-refractivity contribution in [1.29, 1.82) is 0 Å². The van der Waals surface area contributed by atoms with Gasteiger partial charge in [0.1, 0.15) is 0 Å². The lowest BCUT2D eigenvalue weighted by Crippen LogP contribution is -2.23. The van der Waals surface area contributed by atoms with Crippen LogP contribution < -0.4 is 0 Å². The Hall–Kier alpha value is -0.0500. The molecule has 1 aromatic rings. The summed E-state index contributed by atoms with van der Waals surface area (Å²) >= 11 is 9.51. The number of alkyl halides is 1. The van der Waals surface area contributed by atoms with Crippen molar-refractivity contribution < 1.29 is 4.74 Å². The number of hydrogen-bond donors (Lipinski definition) is 0. The average molecular weight is 320 g/mol. The summed E-state index contributed by atoms with van der Waals surface area (Å²) in [6.07, 6.45) is 2.06. The summed E-state index contributed by atoms with van der Waals surface area (Å²) in [7, 11) is 1.76. The van der Waals surface area contributed by atoms with E-state index in [2.05, 4.69) is 54.0 Å². The molecule has 0 aliphatic rings. The highest BCUT2D eigenvalue weighted by Gasteiger charge is 2.19. The molecular formula is C14H20BrClO. The molecule has 3 heteroatoms. The van der Waals surface area contributed by atoms with Gasteiger partial charge in [0.25, 0.3) is 0 Å². The Morgan fingerprint density at radius 1 is 1.29 bits per heavy atom. The third kappa shape index (κ3) is 4.99. The van der Waals surface area contributed by atoms with E-state index in [4.69, 9.17) is 16.3 Å². The summed E-state index contributed by atoms with van der Waals surface area (Å²) in [5, 5.41) is 0. The highest BCUT2D eigenvalue weighted by molar-refractivity contribution is 9.10. The number of ether oxygens (including phenoxy) is 1. The molecule has 0 N–H and O–H groups in total. The molecule has 0 bridgehead atoms. The van der Waals surface area contributed by atoms with Gasteiger partial charge in [-0.1, -0.05) is 28.1 Å². The van der Waals surface area contributed by atoms with Gasteiger partial charge in [0.15, 0.2) is 0 Å². The number of benzene rings is 1. The van der Waals surface area contributed by atoms with Gasteiger partial charge in [-0.2, -0.15) is 0 Å². The fourth-order valence-corrected chi connectivity index (χ4v) is 2.29. The van der Waals surface area contributed by atoms with Gasteiger partial charge in [0, 0.05) is 17.5 Å². The zero-order chi connectivity index (χ0) is 12.9. The van der Waals surface area contributed by atoms with Crippen molar-refractivity contribution in [2.75, 3.05) is 13.0 Å². The topological polar surface area (TPSA) is 9.23 Å². The normalized spacial score (nSPS) is 13.7. The van der Waals surface area contributed by atoms with E-state index in [1.54, 1.807) is 7.11 Å². The number of hydrogen-bond acceptors (Lipinski definition) is 1. The van der Waals surface area contributed by atoms with Crippen molar-refractivity contribution in [2.24, 2.45) is 0 Å². The first-order valence-electron chi connectivity index (χ1n) is 5.85. The zero-order valence-electron chi connectivity index (χ0n) is 10.7. The predicted octanol–water partition coefficient (Wildman–Crippen LogP) is 4.98. The van der Waals surface area contributed by atoms with Crippen LogP contribution >= 0.6 is 27.5 Å². The van der Waals surface area contributed by atoms with Gasteiger partial charge in [0.2, 0.25) is 0 Å². The molecular weight excluding hydrogens is 300 g/mol. The van der Waals surface area contributed by atoms with E-state index in [9.17, 15) is 0 Å². The second kappa shape index (κ2) is 6.77. The Bertz CT molecular complexity index is 335. The lowest BCUT2D eigenvalue weighted by Gasteiger charge is -2.25. The van der Waals surface area contributed by atoms with E-state index in [0.29, 0.717) is 11.8 Å². The van der Waals surface area contributed by atoms with Crippen LogP contribution in [0.2, 0.25) is 0 Å². The summed E-state index contributed by atoms with van der Waals surface area (Å²) in [5.74, 6) is 1.06. The van der Waals surface area contributed by atoms with Crippen molar-refractivity contribution in [3.8, 4) is 0 Å². The first-order chi connectivity index (χ1) is 7.98. The fourth-order valence-electron chi connectivity index (χ4n) is 1.69. The Morgan fingerprint density at radius 3 is 2.35 bits per heavy atom. The monoisotopic (exact) mass is 318 g/mol. The molecule has 0 spiro atoms. The third-order valence-corrected chi connectivity index (χ3v) is 4.08. The molecule has 0 saturated heterocycles. The van der Waals surface area contributed by atoms with Crippen molar-refractivity contribution in [2.45, 2.75) is 38.2 Å². The Kier molecular flexibility index (Phi) is 5.98. The van der Waals surface area contributed by atoms with Crippen LogP contribution in [0.3, 0.4) is 0 Å². The third-order valence-electron chi connectivity index (χ3n) is 3.18. The molecule has 1 nitrogen and oxygen atoms in total. The van der Waals surface area contributed by atoms with Crippen molar-refractivity contribution in [3.05, 3.63) is 34.3 Å².